The fourth-order valence-corrected chi connectivity index (χ4v) is 2.48. The van der Waals surface area contributed by atoms with Crippen molar-refractivity contribution in [3.63, 3.8) is 0 Å². The number of likely N-dealkylation sites (N-methyl/N-ethyl adjacent to an activating group) is 1. The molecule has 1 heterocycles. The highest BCUT2D eigenvalue weighted by molar-refractivity contribution is 6.30. The number of halogens is 1. The Hall–Kier alpha value is -0.770. The van der Waals surface area contributed by atoms with Gasteiger partial charge in [-0.25, -0.2) is 0 Å². The molecule has 94 valence electrons. The minimum atomic E-state index is 0.610. The smallest absolute Gasteiger partial charge is 0.123 e. The highest BCUT2D eigenvalue weighted by Gasteiger charge is 2.20. The first-order valence-corrected chi connectivity index (χ1v) is 6.32. The molecule has 1 aliphatic rings. The molecule has 17 heavy (non-hydrogen) atoms. The molecule has 0 bridgehead atoms. The molecule has 1 fully saturated rings. The van der Waals surface area contributed by atoms with Gasteiger partial charge in [-0.3, -0.25) is 4.90 Å². The lowest BCUT2D eigenvalue weighted by Gasteiger charge is -2.24. The third-order valence-electron chi connectivity index (χ3n) is 3.32. The standard InChI is InChI=1S/C13H19ClN2O/c1-16(12-5-6-15-8-12)9-10-7-11(14)3-4-13(10)17-2/h3-4,7,12,15H,5-6,8-9H2,1-2H3. The number of hydrogen-bond acceptors (Lipinski definition) is 3. The molecule has 0 saturated carbocycles. The second kappa shape index (κ2) is 5.71. The van der Waals surface area contributed by atoms with Crippen LogP contribution in [0.1, 0.15) is 12.0 Å². The summed E-state index contributed by atoms with van der Waals surface area (Å²) in [6.45, 7) is 3.05. The van der Waals surface area contributed by atoms with Gasteiger partial charge in [0.15, 0.2) is 0 Å². The Morgan fingerprint density at radius 1 is 1.53 bits per heavy atom. The zero-order valence-electron chi connectivity index (χ0n) is 10.4. The Labute approximate surface area is 108 Å². The van der Waals surface area contributed by atoms with Gasteiger partial charge < -0.3 is 10.1 Å². The van der Waals surface area contributed by atoms with Gasteiger partial charge in [-0.2, -0.15) is 0 Å². The van der Waals surface area contributed by atoms with Crippen LogP contribution in [-0.2, 0) is 6.54 Å². The minimum Gasteiger partial charge on any atom is -0.496 e. The van der Waals surface area contributed by atoms with E-state index in [-0.39, 0.29) is 0 Å². The summed E-state index contributed by atoms with van der Waals surface area (Å²) in [5, 5.41) is 4.14. The SMILES string of the molecule is COc1ccc(Cl)cc1CN(C)C1CCNC1. The van der Waals surface area contributed by atoms with Crippen LogP contribution in [0.15, 0.2) is 18.2 Å². The molecule has 3 nitrogen and oxygen atoms in total. The molecule has 4 heteroatoms. The summed E-state index contributed by atoms with van der Waals surface area (Å²) < 4.78 is 5.36. The van der Waals surface area contributed by atoms with E-state index in [1.807, 2.05) is 18.2 Å². The summed E-state index contributed by atoms with van der Waals surface area (Å²) in [6.07, 6.45) is 1.21. The number of hydrogen-bond donors (Lipinski definition) is 1. The number of rotatable bonds is 4. The lowest BCUT2D eigenvalue weighted by atomic mass is 10.1. The van der Waals surface area contributed by atoms with Crippen molar-refractivity contribution >= 4 is 11.6 Å². The zero-order chi connectivity index (χ0) is 12.3. The van der Waals surface area contributed by atoms with Crippen molar-refractivity contribution in [3.8, 4) is 5.75 Å². The van der Waals surface area contributed by atoms with E-state index in [0.29, 0.717) is 6.04 Å². The normalized spacial score (nSPS) is 19.9. The second-order valence-corrected chi connectivity index (χ2v) is 4.95. The van der Waals surface area contributed by atoms with E-state index in [1.54, 1.807) is 7.11 Å². The Morgan fingerprint density at radius 3 is 3.00 bits per heavy atom. The van der Waals surface area contributed by atoms with E-state index in [0.717, 1.165) is 36.0 Å². The Morgan fingerprint density at radius 2 is 2.35 bits per heavy atom. The summed E-state index contributed by atoms with van der Waals surface area (Å²) in [5.74, 6) is 0.909. The molecule has 0 amide bonds. The van der Waals surface area contributed by atoms with Gasteiger partial charge in [0.2, 0.25) is 0 Å². The molecule has 0 spiro atoms. The van der Waals surface area contributed by atoms with Gasteiger partial charge in [0.05, 0.1) is 7.11 Å². The van der Waals surface area contributed by atoms with E-state index in [4.69, 9.17) is 16.3 Å². The first-order valence-electron chi connectivity index (χ1n) is 5.94. The second-order valence-electron chi connectivity index (χ2n) is 4.52. The van der Waals surface area contributed by atoms with Crippen LogP contribution in [0, 0.1) is 0 Å². The molecule has 2 rings (SSSR count). The summed E-state index contributed by atoms with van der Waals surface area (Å²) >= 11 is 6.03. The molecule has 1 aromatic carbocycles. The van der Waals surface area contributed by atoms with E-state index >= 15 is 0 Å². The first-order chi connectivity index (χ1) is 8.20. The van der Waals surface area contributed by atoms with Crippen molar-refractivity contribution in [2.75, 3.05) is 27.2 Å². The monoisotopic (exact) mass is 254 g/mol. The van der Waals surface area contributed by atoms with E-state index in [1.165, 1.54) is 6.42 Å². The van der Waals surface area contributed by atoms with Gasteiger partial charge in [-0.15, -0.1) is 0 Å². The van der Waals surface area contributed by atoms with Gasteiger partial charge in [-0.05, 0) is 38.2 Å². The molecule has 1 N–H and O–H groups in total. The van der Waals surface area contributed by atoms with Crippen molar-refractivity contribution in [2.24, 2.45) is 0 Å². The molecular weight excluding hydrogens is 236 g/mol. The lowest BCUT2D eigenvalue weighted by molar-refractivity contribution is 0.245. The van der Waals surface area contributed by atoms with Crippen LogP contribution in [0.5, 0.6) is 5.75 Å². The summed E-state index contributed by atoms with van der Waals surface area (Å²) in [4.78, 5) is 2.36. The van der Waals surface area contributed by atoms with Crippen molar-refractivity contribution in [1.82, 2.24) is 10.2 Å². The Bertz CT molecular complexity index is 378. The molecule has 0 aromatic heterocycles. The minimum absolute atomic E-state index is 0.610. The summed E-state index contributed by atoms with van der Waals surface area (Å²) in [5.41, 5.74) is 1.15. The maximum atomic E-state index is 6.03. The number of ether oxygens (including phenoxy) is 1. The number of methoxy groups -OCH3 is 1. The van der Waals surface area contributed by atoms with Gasteiger partial charge >= 0.3 is 0 Å². The van der Waals surface area contributed by atoms with Crippen LogP contribution >= 0.6 is 11.6 Å². The summed E-state index contributed by atoms with van der Waals surface area (Å²) in [7, 11) is 3.85. The van der Waals surface area contributed by atoms with Gasteiger partial charge in [-0.1, -0.05) is 11.6 Å². The quantitative estimate of drug-likeness (QED) is 0.891. The molecular formula is C13H19ClN2O. The third-order valence-corrected chi connectivity index (χ3v) is 3.55. The fourth-order valence-electron chi connectivity index (χ4n) is 2.28. The van der Waals surface area contributed by atoms with E-state index in [9.17, 15) is 0 Å². The van der Waals surface area contributed by atoms with Crippen LogP contribution in [0.2, 0.25) is 5.02 Å². The van der Waals surface area contributed by atoms with E-state index in [2.05, 4.69) is 17.3 Å². The number of benzene rings is 1. The van der Waals surface area contributed by atoms with Crippen LogP contribution < -0.4 is 10.1 Å². The molecule has 0 radical (unpaired) electrons. The number of nitrogens with zero attached hydrogens (tertiary/aromatic N) is 1. The highest BCUT2D eigenvalue weighted by atomic mass is 35.5. The van der Waals surface area contributed by atoms with Crippen molar-refractivity contribution < 1.29 is 4.74 Å². The van der Waals surface area contributed by atoms with E-state index < -0.39 is 0 Å². The topological polar surface area (TPSA) is 24.5 Å². The van der Waals surface area contributed by atoms with Crippen LogP contribution in [0.4, 0.5) is 0 Å². The van der Waals surface area contributed by atoms with Crippen LogP contribution in [-0.4, -0.2) is 38.2 Å². The average molecular weight is 255 g/mol. The molecule has 1 saturated heterocycles. The molecule has 1 unspecified atom stereocenters. The average Bonchev–Trinajstić information content (AvgIpc) is 2.83. The fraction of sp³-hybridized carbons (Fsp3) is 0.538. The van der Waals surface area contributed by atoms with Gasteiger partial charge in [0.25, 0.3) is 0 Å². The third kappa shape index (κ3) is 3.12. The largest absolute Gasteiger partial charge is 0.496 e. The molecule has 1 atom stereocenters. The molecule has 1 aromatic rings. The first kappa shape index (κ1) is 12.7. The van der Waals surface area contributed by atoms with Gasteiger partial charge in [0.1, 0.15) is 5.75 Å². The molecule has 0 aliphatic carbocycles. The number of nitrogens with one attached hydrogen (secondary N) is 1. The van der Waals surface area contributed by atoms with Crippen molar-refractivity contribution in [1.29, 1.82) is 0 Å². The highest BCUT2D eigenvalue weighted by Crippen LogP contribution is 2.24. The Balaban J connectivity index is 2.08. The predicted octanol–water partition coefficient (Wildman–Crippen LogP) is 2.14. The summed E-state index contributed by atoms with van der Waals surface area (Å²) in [6, 6.07) is 6.39. The van der Waals surface area contributed by atoms with Gasteiger partial charge in [0, 0.05) is 29.7 Å². The van der Waals surface area contributed by atoms with Crippen LogP contribution in [0.3, 0.4) is 0 Å². The molecule has 1 aliphatic heterocycles. The van der Waals surface area contributed by atoms with Crippen LogP contribution in [0.25, 0.3) is 0 Å². The zero-order valence-corrected chi connectivity index (χ0v) is 11.1. The van der Waals surface area contributed by atoms with Crippen molar-refractivity contribution in [3.05, 3.63) is 28.8 Å². The maximum absolute atomic E-state index is 6.03. The maximum Gasteiger partial charge on any atom is 0.123 e. The lowest BCUT2D eigenvalue weighted by Crippen LogP contribution is -2.32. The predicted molar refractivity (Wildman–Crippen MR) is 70.7 cm³/mol. The van der Waals surface area contributed by atoms with Crippen molar-refractivity contribution in [2.45, 2.75) is 19.0 Å². The Kier molecular flexibility index (Phi) is 4.26.